The van der Waals surface area contributed by atoms with E-state index in [0.29, 0.717) is 16.3 Å². The van der Waals surface area contributed by atoms with Gasteiger partial charge < -0.3 is 9.84 Å². The van der Waals surface area contributed by atoms with Gasteiger partial charge in [0, 0.05) is 23.3 Å². The number of hydrogen-bond donors (Lipinski definition) is 1. The number of nitrogens with zero attached hydrogens (tertiary/aromatic N) is 1. The maximum absolute atomic E-state index is 11.7. The van der Waals surface area contributed by atoms with Gasteiger partial charge in [-0.1, -0.05) is 23.7 Å². The third kappa shape index (κ3) is 2.11. The van der Waals surface area contributed by atoms with Gasteiger partial charge in [0.1, 0.15) is 5.57 Å². The minimum absolute atomic E-state index is 0.106. The Bertz CT molecular complexity index is 546. The molecule has 0 saturated carbocycles. The summed E-state index contributed by atoms with van der Waals surface area (Å²) < 4.78 is 5.15. The number of rotatable bonds is 2. The number of benzene rings is 1. The summed E-state index contributed by atoms with van der Waals surface area (Å²) in [6.45, 7) is 1.65. The van der Waals surface area contributed by atoms with Crippen LogP contribution < -0.4 is 0 Å². The number of ether oxygens (including phenoxy) is 1. The Hall–Kier alpha value is -1.81. The van der Waals surface area contributed by atoms with Crippen LogP contribution in [-0.4, -0.2) is 23.8 Å². The molecule has 1 aliphatic heterocycles. The lowest BCUT2D eigenvalue weighted by Gasteiger charge is -2.10. The molecule has 0 fully saturated rings. The predicted octanol–water partition coefficient (Wildman–Crippen LogP) is 2.84. The maximum atomic E-state index is 11.7. The Labute approximate surface area is 110 Å². The van der Waals surface area contributed by atoms with Crippen molar-refractivity contribution in [2.45, 2.75) is 13.0 Å². The van der Waals surface area contributed by atoms with Crippen LogP contribution in [0.2, 0.25) is 5.02 Å². The molecule has 1 N–H and O–H groups in total. The number of carbonyl (C=O) groups excluding carboxylic acids is 1. The highest BCUT2D eigenvalue weighted by Gasteiger charge is 2.36. The fourth-order valence-corrected chi connectivity index (χ4v) is 1.89. The summed E-state index contributed by atoms with van der Waals surface area (Å²) in [5.41, 5.74) is 1.26. The molecule has 1 heterocycles. The first-order valence-corrected chi connectivity index (χ1v) is 5.75. The quantitative estimate of drug-likeness (QED) is 0.661. The molecule has 18 heavy (non-hydrogen) atoms. The molecule has 0 saturated heterocycles. The highest BCUT2D eigenvalue weighted by atomic mass is 35.5. The van der Waals surface area contributed by atoms with Crippen LogP contribution in [0.15, 0.2) is 40.6 Å². The molecule has 1 aromatic carbocycles. The van der Waals surface area contributed by atoms with Gasteiger partial charge in [0.05, 0.1) is 0 Å². The van der Waals surface area contributed by atoms with Gasteiger partial charge in [0.15, 0.2) is 11.9 Å². The molecule has 0 aliphatic carbocycles. The van der Waals surface area contributed by atoms with Crippen molar-refractivity contribution in [1.29, 1.82) is 0 Å². The number of aliphatic hydroxyl groups excluding tert-OH is 1. The largest absolute Gasteiger partial charge is 0.507 e. The van der Waals surface area contributed by atoms with E-state index in [1.165, 1.54) is 0 Å². The molecule has 0 radical (unpaired) electrons. The smallest absolute Gasteiger partial charge is 0.344 e. The van der Waals surface area contributed by atoms with Crippen molar-refractivity contribution >= 4 is 23.3 Å². The van der Waals surface area contributed by atoms with Crippen molar-refractivity contribution < 1.29 is 14.6 Å². The van der Waals surface area contributed by atoms with Gasteiger partial charge in [0.2, 0.25) is 0 Å². The lowest BCUT2D eigenvalue weighted by molar-refractivity contribution is -0.140. The van der Waals surface area contributed by atoms with E-state index < -0.39 is 12.1 Å². The van der Waals surface area contributed by atoms with Crippen LogP contribution in [0.4, 0.5) is 0 Å². The molecule has 0 aromatic heterocycles. The number of carbonyl (C=O) groups is 1. The van der Waals surface area contributed by atoms with Crippen molar-refractivity contribution in [3.05, 3.63) is 46.2 Å². The van der Waals surface area contributed by atoms with E-state index in [1.807, 2.05) is 0 Å². The first-order chi connectivity index (χ1) is 8.54. The second-order valence-corrected chi connectivity index (χ2v) is 4.34. The molecule has 0 spiro atoms. The fraction of sp³-hybridized carbons (Fsp3) is 0.231. The Balaban J connectivity index is 2.41. The van der Waals surface area contributed by atoms with Gasteiger partial charge in [-0.15, -0.1) is 0 Å². The van der Waals surface area contributed by atoms with E-state index in [2.05, 4.69) is 4.99 Å². The van der Waals surface area contributed by atoms with Crippen molar-refractivity contribution in [2.75, 3.05) is 7.05 Å². The third-order valence-corrected chi connectivity index (χ3v) is 3.06. The van der Waals surface area contributed by atoms with Gasteiger partial charge in [-0.25, -0.2) is 4.79 Å². The second-order valence-electron chi connectivity index (χ2n) is 3.91. The maximum Gasteiger partial charge on any atom is 0.344 e. The van der Waals surface area contributed by atoms with Gasteiger partial charge in [-0.3, -0.25) is 4.99 Å². The summed E-state index contributed by atoms with van der Waals surface area (Å²) >= 11 is 5.78. The molecule has 0 bridgehead atoms. The molecule has 1 atom stereocenters. The highest BCUT2D eigenvalue weighted by Crippen LogP contribution is 2.34. The van der Waals surface area contributed by atoms with E-state index in [1.54, 1.807) is 38.2 Å². The minimum atomic E-state index is -0.776. The number of aliphatic imine (C=N–C) groups is 1. The Morgan fingerprint density at radius 1 is 1.39 bits per heavy atom. The summed E-state index contributed by atoms with van der Waals surface area (Å²) in [6.07, 6.45) is -0.776. The average Bonchev–Trinajstić information content (AvgIpc) is 2.65. The first kappa shape index (κ1) is 12.6. The second kappa shape index (κ2) is 4.82. The van der Waals surface area contributed by atoms with Crippen molar-refractivity contribution in [1.82, 2.24) is 0 Å². The fourth-order valence-electron chi connectivity index (χ4n) is 1.77. The van der Waals surface area contributed by atoms with Crippen LogP contribution in [0, 0.1) is 0 Å². The average molecular weight is 266 g/mol. The number of halogens is 1. The summed E-state index contributed by atoms with van der Waals surface area (Å²) in [6, 6.07) is 6.77. The summed E-state index contributed by atoms with van der Waals surface area (Å²) in [5.74, 6) is -0.666. The molecule has 1 aliphatic rings. The van der Waals surface area contributed by atoms with Gasteiger partial charge in [0.25, 0.3) is 0 Å². The lowest BCUT2D eigenvalue weighted by Crippen LogP contribution is -2.07. The van der Waals surface area contributed by atoms with E-state index in [4.69, 9.17) is 16.3 Å². The monoisotopic (exact) mass is 265 g/mol. The zero-order valence-corrected chi connectivity index (χ0v) is 10.7. The Kier molecular flexibility index (Phi) is 3.39. The number of hydrogen-bond acceptors (Lipinski definition) is 4. The predicted molar refractivity (Wildman–Crippen MR) is 69.0 cm³/mol. The van der Waals surface area contributed by atoms with E-state index in [-0.39, 0.29) is 11.3 Å². The van der Waals surface area contributed by atoms with Gasteiger partial charge >= 0.3 is 5.97 Å². The molecular formula is C13H12ClNO3. The van der Waals surface area contributed by atoms with Crippen LogP contribution in [0.25, 0.3) is 0 Å². The summed E-state index contributed by atoms with van der Waals surface area (Å²) in [7, 11) is 1.55. The zero-order chi connectivity index (χ0) is 13.3. The Morgan fingerprint density at radius 3 is 2.56 bits per heavy atom. The summed E-state index contributed by atoms with van der Waals surface area (Å²) in [4.78, 5) is 15.6. The number of aliphatic hydroxyl groups is 1. The molecule has 2 rings (SSSR count). The van der Waals surface area contributed by atoms with Crippen LogP contribution in [0.5, 0.6) is 0 Å². The lowest BCUT2D eigenvalue weighted by atomic mass is 10.0. The molecule has 5 heteroatoms. The van der Waals surface area contributed by atoms with Gasteiger partial charge in [-0.2, -0.15) is 0 Å². The summed E-state index contributed by atoms with van der Waals surface area (Å²) in [5, 5.41) is 10.6. The SMILES string of the molecule is CN=C(C)C1=C(O)C(c2ccc(Cl)cc2)OC1=O. The van der Waals surface area contributed by atoms with E-state index >= 15 is 0 Å². The molecule has 4 nitrogen and oxygen atoms in total. The first-order valence-electron chi connectivity index (χ1n) is 5.38. The molecule has 94 valence electrons. The van der Waals surface area contributed by atoms with Crippen molar-refractivity contribution in [3.8, 4) is 0 Å². The highest BCUT2D eigenvalue weighted by molar-refractivity contribution is 6.30. The van der Waals surface area contributed by atoms with Crippen molar-refractivity contribution in [2.24, 2.45) is 4.99 Å². The standard InChI is InChI=1S/C13H12ClNO3/c1-7(15-2)10-11(16)12(18-13(10)17)8-3-5-9(14)6-4-8/h3-6,12,16H,1-2H3. The Morgan fingerprint density at radius 2 is 2.00 bits per heavy atom. The zero-order valence-electron chi connectivity index (χ0n) is 9.98. The molecular weight excluding hydrogens is 254 g/mol. The van der Waals surface area contributed by atoms with E-state index in [0.717, 1.165) is 0 Å². The van der Waals surface area contributed by atoms with Crippen LogP contribution in [0.3, 0.4) is 0 Å². The third-order valence-electron chi connectivity index (χ3n) is 2.80. The van der Waals surface area contributed by atoms with Crippen LogP contribution >= 0.6 is 11.6 Å². The molecule has 0 amide bonds. The van der Waals surface area contributed by atoms with Crippen LogP contribution in [-0.2, 0) is 9.53 Å². The topological polar surface area (TPSA) is 58.9 Å². The van der Waals surface area contributed by atoms with E-state index in [9.17, 15) is 9.90 Å². The normalized spacial score (nSPS) is 20.3. The van der Waals surface area contributed by atoms with Crippen LogP contribution in [0.1, 0.15) is 18.6 Å². The molecule has 1 unspecified atom stereocenters. The van der Waals surface area contributed by atoms with Gasteiger partial charge in [-0.05, 0) is 19.1 Å². The number of esters is 1. The molecule has 1 aromatic rings. The van der Waals surface area contributed by atoms with Crippen molar-refractivity contribution in [3.63, 3.8) is 0 Å². The minimum Gasteiger partial charge on any atom is -0.507 e. The number of cyclic esters (lactones) is 1.